The van der Waals surface area contributed by atoms with E-state index >= 15 is 0 Å². The molecule has 1 atom stereocenters. The van der Waals surface area contributed by atoms with Gasteiger partial charge in [0.2, 0.25) is 0 Å². The van der Waals surface area contributed by atoms with Crippen molar-refractivity contribution in [1.82, 2.24) is 4.90 Å². The molecule has 3 heteroatoms. The highest BCUT2D eigenvalue weighted by Crippen LogP contribution is 2.34. The molecule has 2 aliphatic rings. The molecule has 0 aliphatic heterocycles. The van der Waals surface area contributed by atoms with Crippen molar-refractivity contribution < 1.29 is 0 Å². The van der Waals surface area contributed by atoms with E-state index in [2.05, 4.69) is 11.2 Å². The third kappa shape index (κ3) is 4.27. The zero-order valence-electron chi connectivity index (χ0n) is 10.5. The molecule has 1 unspecified atom stereocenters. The number of nitrogens with two attached hydrogens (primary N) is 1. The second-order valence-electron chi connectivity index (χ2n) is 5.51. The van der Waals surface area contributed by atoms with Crippen LogP contribution in [0.25, 0.3) is 0 Å². The van der Waals surface area contributed by atoms with Crippen LogP contribution in [0.2, 0.25) is 0 Å². The first-order chi connectivity index (χ1) is 7.83. The molecule has 0 aromatic rings. The minimum Gasteiger partial charge on any atom is -0.329 e. The Bertz CT molecular complexity index is 188. The minimum atomic E-state index is 0.647. The number of hydrogen-bond donors (Lipinski definition) is 1. The lowest BCUT2D eigenvalue weighted by Crippen LogP contribution is -2.43. The van der Waals surface area contributed by atoms with Gasteiger partial charge in [0, 0.05) is 25.7 Å². The summed E-state index contributed by atoms with van der Waals surface area (Å²) in [6, 6.07) is 0.647. The van der Waals surface area contributed by atoms with Gasteiger partial charge in [-0.05, 0) is 55.9 Å². The Morgan fingerprint density at radius 2 is 1.75 bits per heavy atom. The maximum Gasteiger partial charge on any atom is 0.0226 e. The largest absolute Gasteiger partial charge is 0.329 e. The zero-order chi connectivity index (χ0) is 11.4. The Hall–Kier alpha value is 0.270. The first-order valence-electron chi connectivity index (χ1n) is 6.76. The average molecular weight is 242 g/mol. The van der Waals surface area contributed by atoms with Crippen LogP contribution in [-0.2, 0) is 0 Å². The van der Waals surface area contributed by atoms with Crippen LogP contribution in [0, 0.1) is 11.8 Å². The van der Waals surface area contributed by atoms with Gasteiger partial charge in [-0.15, -0.1) is 0 Å². The molecule has 2 aliphatic carbocycles. The van der Waals surface area contributed by atoms with E-state index < -0.39 is 0 Å². The van der Waals surface area contributed by atoms with Gasteiger partial charge >= 0.3 is 0 Å². The van der Waals surface area contributed by atoms with E-state index in [1.54, 1.807) is 0 Å². The molecule has 0 radical (unpaired) electrons. The number of thioether (sulfide) groups is 1. The Labute approximate surface area is 104 Å². The first-order valence-corrected chi connectivity index (χ1v) is 8.16. The molecule has 0 heterocycles. The molecule has 0 saturated heterocycles. The Kier molecular flexibility index (Phi) is 4.98. The molecule has 2 saturated carbocycles. The molecule has 2 fully saturated rings. The quantitative estimate of drug-likeness (QED) is 0.672. The topological polar surface area (TPSA) is 29.3 Å². The van der Waals surface area contributed by atoms with Gasteiger partial charge < -0.3 is 5.73 Å². The van der Waals surface area contributed by atoms with Crippen LogP contribution in [-0.4, -0.2) is 42.6 Å². The van der Waals surface area contributed by atoms with Gasteiger partial charge in [0.15, 0.2) is 0 Å². The number of hydrogen-bond acceptors (Lipinski definition) is 3. The SMILES string of the molecule is CSCCC(CN)N(CC1CC1)CC1CC1. The van der Waals surface area contributed by atoms with Gasteiger partial charge in [0.25, 0.3) is 0 Å². The second kappa shape index (κ2) is 6.27. The molecular weight excluding hydrogens is 216 g/mol. The van der Waals surface area contributed by atoms with Crippen LogP contribution < -0.4 is 5.73 Å². The monoisotopic (exact) mass is 242 g/mol. The van der Waals surface area contributed by atoms with Gasteiger partial charge in [-0.3, -0.25) is 4.90 Å². The molecule has 2 N–H and O–H groups in total. The van der Waals surface area contributed by atoms with Crippen molar-refractivity contribution in [3.8, 4) is 0 Å². The van der Waals surface area contributed by atoms with E-state index in [0.29, 0.717) is 6.04 Å². The summed E-state index contributed by atoms with van der Waals surface area (Å²) in [5.41, 5.74) is 5.96. The van der Waals surface area contributed by atoms with E-state index in [4.69, 9.17) is 5.73 Å². The second-order valence-corrected chi connectivity index (χ2v) is 6.50. The maximum absolute atomic E-state index is 5.96. The first kappa shape index (κ1) is 12.7. The molecule has 0 aromatic carbocycles. The Morgan fingerprint density at radius 3 is 2.12 bits per heavy atom. The zero-order valence-corrected chi connectivity index (χ0v) is 11.3. The van der Waals surface area contributed by atoms with E-state index in [0.717, 1.165) is 18.4 Å². The number of rotatable bonds is 9. The molecular formula is C13H26N2S. The molecule has 2 rings (SSSR count). The van der Waals surface area contributed by atoms with Gasteiger partial charge in [0.1, 0.15) is 0 Å². The van der Waals surface area contributed by atoms with Crippen LogP contribution >= 0.6 is 11.8 Å². The lowest BCUT2D eigenvalue weighted by molar-refractivity contribution is 0.180. The average Bonchev–Trinajstić information content (AvgIpc) is 3.13. The summed E-state index contributed by atoms with van der Waals surface area (Å²) in [5.74, 6) is 3.26. The molecule has 0 spiro atoms. The highest BCUT2D eigenvalue weighted by atomic mass is 32.2. The number of nitrogens with zero attached hydrogens (tertiary/aromatic N) is 1. The van der Waals surface area contributed by atoms with Crippen molar-refractivity contribution in [3.63, 3.8) is 0 Å². The maximum atomic E-state index is 5.96. The molecule has 2 nitrogen and oxygen atoms in total. The predicted molar refractivity (Wildman–Crippen MR) is 72.9 cm³/mol. The van der Waals surface area contributed by atoms with Crippen molar-refractivity contribution >= 4 is 11.8 Å². The van der Waals surface area contributed by atoms with E-state index in [1.807, 2.05) is 11.8 Å². The molecule has 16 heavy (non-hydrogen) atoms. The summed E-state index contributed by atoms with van der Waals surface area (Å²) >= 11 is 1.95. The Balaban J connectivity index is 1.79. The van der Waals surface area contributed by atoms with Crippen molar-refractivity contribution in [2.24, 2.45) is 17.6 Å². The lowest BCUT2D eigenvalue weighted by Gasteiger charge is -2.31. The fourth-order valence-corrected chi connectivity index (χ4v) is 2.85. The smallest absolute Gasteiger partial charge is 0.0226 e. The summed E-state index contributed by atoms with van der Waals surface area (Å²) in [6.45, 7) is 3.50. The summed E-state index contributed by atoms with van der Waals surface area (Å²) in [4.78, 5) is 2.71. The third-order valence-electron chi connectivity index (χ3n) is 3.82. The van der Waals surface area contributed by atoms with Crippen LogP contribution in [0.5, 0.6) is 0 Å². The third-order valence-corrected chi connectivity index (χ3v) is 4.47. The standard InChI is InChI=1S/C13H26N2S/c1-16-7-6-13(8-14)15(9-11-2-3-11)10-12-4-5-12/h11-13H,2-10,14H2,1H3. The van der Waals surface area contributed by atoms with Gasteiger partial charge in [-0.1, -0.05) is 0 Å². The Morgan fingerprint density at radius 1 is 1.19 bits per heavy atom. The van der Waals surface area contributed by atoms with E-state index in [9.17, 15) is 0 Å². The molecule has 0 bridgehead atoms. The summed E-state index contributed by atoms with van der Waals surface area (Å²) in [5, 5.41) is 0. The summed E-state index contributed by atoms with van der Waals surface area (Å²) in [7, 11) is 0. The van der Waals surface area contributed by atoms with Crippen molar-refractivity contribution in [2.45, 2.75) is 38.1 Å². The molecule has 0 amide bonds. The molecule has 94 valence electrons. The lowest BCUT2D eigenvalue weighted by atomic mass is 10.1. The van der Waals surface area contributed by atoms with E-state index in [1.165, 1.54) is 50.9 Å². The van der Waals surface area contributed by atoms with E-state index in [-0.39, 0.29) is 0 Å². The highest BCUT2D eigenvalue weighted by Gasteiger charge is 2.31. The minimum absolute atomic E-state index is 0.647. The van der Waals surface area contributed by atoms with Gasteiger partial charge in [-0.2, -0.15) is 11.8 Å². The van der Waals surface area contributed by atoms with Crippen molar-refractivity contribution in [2.75, 3.05) is 31.6 Å². The van der Waals surface area contributed by atoms with Crippen LogP contribution in [0.3, 0.4) is 0 Å². The fraction of sp³-hybridized carbons (Fsp3) is 1.00. The normalized spacial score (nSPS) is 22.7. The highest BCUT2D eigenvalue weighted by molar-refractivity contribution is 7.98. The summed E-state index contributed by atoms with van der Waals surface area (Å²) < 4.78 is 0. The fourth-order valence-electron chi connectivity index (χ4n) is 2.34. The summed E-state index contributed by atoms with van der Waals surface area (Å²) in [6.07, 6.45) is 9.31. The van der Waals surface area contributed by atoms with Gasteiger partial charge in [0.05, 0.1) is 0 Å². The van der Waals surface area contributed by atoms with Crippen LogP contribution in [0.15, 0.2) is 0 Å². The molecule has 0 aromatic heterocycles. The van der Waals surface area contributed by atoms with Crippen molar-refractivity contribution in [3.05, 3.63) is 0 Å². The van der Waals surface area contributed by atoms with Gasteiger partial charge in [-0.25, -0.2) is 0 Å². The van der Waals surface area contributed by atoms with Crippen molar-refractivity contribution in [1.29, 1.82) is 0 Å². The van der Waals surface area contributed by atoms with Crippen LogP contribution in [0.1, 0.15) is 32.1 Å². The predicted octanol–water partition coefficient (Wildman–Crippen LogP) is 2.19. The van der Waals surface area contributed by atoms with Crippen LogP contribution in [0.4, 0.5) is 0 Å².